The summed E-state index contributed by atoms with van der Waals surface area (Å²) in [6, 6.07) is 8.04. The Labute approximate surface area is 114 Å². The maximum Gasteiger partial charge on any atom is 0.387 e. The van der Waals surface area contributed by atoms with E-state index in [2.05, 4.69) is 10.1 Å². The first-order valence-electron chi connectivity index (χ1n) is 6.00. The van der Waals surface area contributed by atoms with E-state index < -0.39 is 6.61 Å². The normalized spacial score (nSPS) is 10.6. The lowest BCUT2D eigenvalue weighted by Gasteiger charge is -2.10. The van der Waals surface area contributed by atoms with Gasteiger partial charge in [-0.2, -0.15) is 8.78 Å². The third-order valence-corrected chi connectivity index (χ3v) is 2.65. The smallest absolute Gasteiger partial charge is 0.387 e. The molecular weight excluding hydrogens is 268 g/mol. The molecule has 2 aromatic rings. The van der Waals surface area contributed by atoms with E-state index in [0.29, 0.717) is 24.1 Å². The molecule has 0 aliphatic rings. The Morgan fingerprint density at radius 3 is 2.80 bits per heavy atom. The minimum Gasteiger partial charge on any atom is -0.472 e. The van der Waals surface area contributed by atoms with Crippen LogP contribution in [0.3, 0.4) is 0 Å². The van der Waals surface area contributed by atoms with E-state index in [9.17, 15) is 13.6 Å². The van der Waals surface area contributed by atoms with Crippen molar-refractivity contribution in [1.29, 1.82) is 0 Å². The summed E-state index contributed by atoms with van der Waals surface area (Å²) in [7, 11) is 0. The standard InChI is InChI=1S/C14H13F2NO3/c15-14(16)20-12-4-2-1-3-10(12)5-7-17-13(18)11-6-8-19-9-11/h1-4,6,8-9,14H,5,7H2,(H,17,18). The van der Waals surface area contributed by atoms with Crippen LogP contribution in [0, 0.1) is 0 Å². The van der Waals surface area contributed by atoms with Crippen molar-refractivity contribution in [2.45, 2.75) is 13.0 Å². The SMILES string of the molecule is O=C(NCCc1ccccc1OC(F)F)c1ccoc1. The van der Waals surface area contributed by atoms with Gasteiger partial charge in [-0.05, 0) is 24.1 Å². The number of benzene rings is 1. The average molecular weight is 281 g/mol. The van der Waals surface area contributed by atoms with Crippen LogP contribution in [0.25, 0.3) is 0 Å². The minimum atomic E-state index is -2.86. The van der Waals surface area contributed by atoms with Gasteiger partial charge in [-0.25, -0.2) is 0 Å². The fraction of sp³-hybridized carbons (Fsp3) is 0.214. The van der Waals surface area contributed by atoms with E-state index >= 15 is 0 Å². The zero-order valence-electron chi connectivity index (χ0n) is 10.5. The molecule has 1 N–H and O–H groups in total. The van der Waals surface area contributed by atoms with Gasteiger partial charge in [0, 0.05) is 6.54 Å². The van der Waals surface area contributed by atoms with Crippen molar-refractivity contribution >= 4 is 5.91 Å². The van der Waals surface area contributed by atoms with Crippen LogP contribution in [0.15, 0.2) is 47.3 Å². The van der Waals surface area contributed by atoms with Gasteiger partial charge in [0.1, 0.15) is 12.0 Å². The maximum absolute atomic E-state index is 12.2. The largest absolute Gasteiger partial charge is 0.472 e. The molecule has 0 spiro atoms. The van der Waals surface area contributed by atoms with Gasteiger partial charge in [0.05, 0.1) is 11.8 Å². The molecule has 0 saturated carbocycles. The highest BCUT2D eigenvalue weighted by Gasteiger charge is 2.10. The minimum absolute atomic E-state index is 0.125. The molecule has 0 aliphatic heterocycles. The number of hydrogen-bond acceptors (Lipinski definition) is 3. The number of para-hydroxylation sites is 1. The van der Waals surface area contributed by atoms with Gasteiger partial charge in [0.15, 0.2) is 0 Å². The summed E-state index contributed by atoms with van der Waals surface area (Å²) in [5.74, 6) is -0.147. The number of furan rings is 1. The second kappa shape index (κ2) is 6.70. The number of carbonyl (C=O) groups excluding carboxylic acids is 1. The Bertz CT molecular complexity index is 555. The van der Waals surface area contributed by atoms with Gasteiger partial charge in [0.25, 0.3) is 5.91 Å². The number of rotatable bonds is 6. The fourth-order valence-corrected chi connectivity index (χ4v) is 1.73. The van der Waals surface area contributed by atoms with Crippen LogP contribution in [-0.4, -0.2) is 19.1 Å². The number of nitrogens with one attached hydrogen (secondary N) is 1. The molecule has 0 bridgehead atoms. The maximum atomic E-state index is 12.2. The molecule has 1 aromatic heterocycles. The van der Waals surface area contributed by atoms with Crippen LogP contribution in [0.4, 0.5) is 8.78 Å². The highest BCUT2D eigenvalue weighted by Crippen LogP contribution is 2.20. The summed E-state index contributed by atoms with van der Waals surface area (Å²) >= 11 is 0. The zero-order valence-corrected chi connectivity index (χ0v) is 10.5. The van der Waals surface area contributed by atoms with E-state index in [4.69, 9.17) is 4.42 Å². The highest BCUT2D eigenvalue weighted by atomic mass is 19.3. The van der Waals surface area contributed by atoms with Gasteiger partial charge < -0.3 is 14.5 Å². The van der Waals surface area contributed by atoms with Crippen LogP contribution >= 0.6 is 0 Å². The average Bonchev–Trinajstić information content (AvgIpc) is 2.94. The lowest BCUT2D eigenvalue weighted by molar-refractivity contribution is -0.0504. The van der Waals surface area contributed by atoms with Crippen LogP contribution in [0.5, 0.6) is 5.75 Å². The quantitative estimate of drug-likeness (QED) is 0.885. The molecule has 4 nitrogen and oxygen atoms in total. The third-order valence-electron chi connectivity index (χ3n) is 2.65. The summed E-state index contributed by atoms with van der Waals surface area (Å²) < 4.78 is 33.7. The second-order valence-electron chi connectivity index (χ2n) is 4.00. The molecule has 2 rings (SSSR count). The van der Waals surface area contributed by atoms with Crippen molar-refractivity contribution in [3.8, 4) is 5.75 Å². The van der Waals surface area contributed by atoms with Crippen molar-refractivity contribution < 1.29 is 22.7 Å². The Kier molecular flexibility index (Phi) is 4.70. The summed E-state index contributed by atoms with van der Waals surface area (Å²) in [6.07, 6.45) is 3.14. The number of hydrogen-bond donors (Lipinski definition) is 1. The summed E-state index contributed by atoms with van der Waals surface area (Å²) in [5, 5.41) is 2.67. The van der Waals surface area contributed by atoms with E-state index in [-0.39, 0.29) is 11.7 Å². The number of carbonyl (C=O) groups is 1. The molecule has 106 valence electrons. The summed E-state index contributed by atoms with van der Waals surface area (Å²) in [4.78, 5) is 11.6. The monoisotopic (exact) mass is 281 g/mol. The Morgan fingerprint density at radius 2 is 2.10 bits per heavy atom. The predicted molar refractivity (Wildman–Crippen MR) is 67.8 cm³/mol. The Hall–Kier alpha value is -2.37. The topological polar surface area (TPSA) is 51.5 Å². The number of amides is 1. The van der Waals surface area contributed by atoms with Crippen molar-refractivity contribution in [1.82, 2.24) is 5.32 Å². The highest BCUT2D eigenvalue weighted by molar-refractivity contribution is 5.93. The fourth-order valence-electron chi connectivity index (χ4n) is 1.73. The van der Waals surface area contributed by atoms with Crippen molar-refractivity contribution in [3.05, 3.63) is 54.0 Å². The first-order chi connectivity index (χ1) is 9.66. The summed E-state index contributed by atoms with van der Waals surface area (Å²) in [5.41, 5.74) is 1.03. The molecule has 20 heavy (non-hydrogen) atoms. The lowest BCUT2D eigenvalue weighted by atomic mass is 10.1. The molecule has 6 heteroatoms. The van der Waals surface area contributed by atoms with Gasteiger partial charge in [0.2, 0.25) is 0 Å². The molecule has 1 heterocycles. The number of ether oxygens (including phenoxy) is 1. The van der Waals surface area contributed by atoms with Gasteiger partial charge >= 0.3 is 6.61 Å². The first-order valence-corrected chi connectivity index (χ1v) is 6.00. The zero-order chi connectivity index (χ0) is 14.4. The Morgan fingerprint density at radius 1 is 1.30 bits per heavy atom. The van der Waals surface area contributed by atoms with Crippen molar-refractivity contribution in [2.24, 2.45) is 0 Å². The van der Waals surface area contributed by atoms with Crippen LogP contribution < -0.4 is 10.1 Å². The third kappa shape index (κ3) is 3.81. The van der Waals surface area contributed by atoms with Crippen LogP contribution in [-0.2, 0) is 6.42 Å². The first kappa shape index (κ1) is 14.0. The van der Waals surface area contributed by atoms with Crippen molar-refractivity contribution in [3.63, 3.8) is 0 Å². The molecular formula is C14H13F2NO3. The molecule has 1 amide bonds. The molecule has 0 unspecified atom stereocenters. The van der Waals surface area contributed by atoms with E-state index in [1.165, 1.54) is 18.6 Å². The molecule has 0 fully saturated rings. The second-order valence-corrected chi connectivity index (χ2v) is 4.00. The molecule has 0 radical (unpaired) electrons. The van der Waals surface area contributed by atoms with Gasteiger partial charge in [-0.15, -0.1) is 0 Å². The van der Waals surface area contributed by atoms with E-state index in [1.807, 2.05) is 0 Å². The number of halogens is 2. The van der Waals surface area contributed by atoms with Crippen molar-refractivity contribution in [2.75, 3.05) is 6.54 Å². The molecule has 0 saturated heterocycles. The Balaban J connectivity index is 1.89. The lowest BCUT2D eigenvalue weighted by Crippen LogP contribution is -2.25. The van der Waals surface area contributed by atoms with Crippen LogP contribution in [0.1, 0.15) is 15.9 Å². The molecule has 1 aromatic carbocycles. The van der Waals surface area contributed by atoms with E-state index in [0.717, 1.165) is 0 Å². The molecule has 0 atom stereocenters. The van der Waals surface area contributed by atoms with Crippen LogP contribution in [0.2, 0.25) is 0 Å². The summed E-state index contributed by atoms with van der Waals surface area (Å²) in [6.45, 7) is -2.55. The van der Waals surface area contributed by atoms with Gasteiger partial charge in [-0.3, -0.25) is 4.79 Å². The van der Waals surface area contributed by atoms with E-state index in [1.54, 1.807) is 24.3 Å². The molecule has 0 aliphatic carbocycles. The van der Waals surface area contributed by atoms with Gasteiger partial charge in [-0.1, -0.05) is 18.2 Å². The number of alkyl halides is 2. The predicted octanol–water partition coefficient (Wildman–Crippen LogP) is 2.85.